The number of nitrogens with zero attached hydrogens (tertiary/aromatic N) is 1. The lowest BCUT2D eigenvalue weighted by Crippen LogP contribution is -2.59. The van der Waals surface area contributed by atoms with Gasteiger partial charge in [-0.1, -0.05) is 11.8 Å². The number of rotatable bonds is 3. The maximum Gasteiger partial charge on any atom is 0.427 e. The predicted octanol–water partition coefficient (Wildman–Crippen LogP) is 3.35. The maximum atomic E-state index is 14.9. The molecule has 1 saturated carbocycles. The molecule has 0 unspecified atom stereocenters. The van der Waals surface area contributed by atoms with Crippen LogP contribution in [0.1, 0.15) is 24.0 Å². The van der Waals surface area contributed by atoms with Gasteiger partial charge in [-0.25, -0.2) is 9.18 Å². The molecule has 4 rings (SSSR count). The van der Waals surface area contributed by atoms with E-state index in [1.54, 1.807) is 0 Å². The van der Waals surface area contributed by atoms with Gasteiger partial charge in [0, 0.05) is 35.0 Å². The summed E-state index contributed by atoms with van der Waals surface area (Å²) < 4.78 is 63.3. The van der Waals surface area contributed by atoms with Crippen LogP contribution in [-0.2, 0) is 12.1 Å². The molecule has 31 heavy (non-hydrogen) atoms. The molecule has 2 heterocycles. The first-order valence-electron chi connectivity index (χ1n) is 9.39. The summed E-state index contributed by atoms with van der Waals surface area (Å²) in [6.45, 7) is -0.252. The number of carbonyl (C=O) groups excluding carboxylic acids is 1. The van der Waals surface area contributed by atoms with Gasteiger partial charge in [0.15, 0.2) is 0 Å². The summed E-state index contributed by atoms with van der Waals surface area (Å²) in [5, 5.41) is 4.13. The normalized spacial score (nSPS) is 20.1. The number of benzene rings is 1. The zero-order valence-corrected chi connectivity index (χ0v) is 16.3. The van der Waals surface area contributed by atoms with E-state index in [1.165, 1.54) is 30.0 Å². The van der Waals surface area contributed by atoms with Gasteiger partial charge >= 0.3 is 12.2 Å². The van der Waals surface area contributed by atoms with Gasteiger partial charge in [0.05, 0.1) is 13.7 Å². The van der Waals surface area contributed by atoms with Crippen LogP contribution in [0.3, 0.4) is 0 Å². The van der Waals surface area contributed by atoms with E-state index in [1.807, 2.05) is 5.32 Å². The second-order valence-corrected chi connectivity index (χ2v) is 7.39. The van der Waals surface area contributed by atoms with Crippen molar-refractivity contribution in [3.8, 4) is 17.6 Å². The minimum absolute atomic E-state index is 0.0700. The van der Waals surface area contributed by atoms with Gasteiger partial charge in [0.2, 0.25) is 5.54 Å². The highest BCUT2D eigenvalue weighted by molar-refractivity contribution is 5.95. The van der Waals surface area contributed by atoms with Crippen molar-refractivity contribution in [2.45, 2.75) is 31.1 Å². The fraction of sp³-hybridized carbons (Fsp3) is 0.333. The molecule has 0 spiro atoms. The summed E-state index contributed by atoms with van der Waals surface area (Å²) in [5.74, 6) is 3.89. The Labute approximate surface area is 174 Å². The van der Waals surface area contributed by atoms with Gasteiger partial charge in [0.25, 0.3) is 5.56 Å². The molecule has 1 aliphatic carbocycles. The lowest BCUT2D eigenvalue weighted by molar-refractivity contribution is -0.178. The summed E-state index contributed by atoms with van der Waals surface area (Å²) in [4.78, 5) is 24.2. The average molecular weight is 435 g/mol. The smallest absolute Gasteiger partial charge is 0.427 e. The molecule has 1 fully saturated rings. The number of fused-ring (bicyclic) bond motifs is 1. The van der Waals surface area contributed by atoms with Crippen molar-refractivity contribution in [2.75, 3.05) is 12.4 Å². The highest BCUT2D eigenvalue weighted by Gasteiger charge is 2.59. The zero-order chi connectivity index (χ0) is 22.4. The van der Waals surface area contributed by atoms with Crippen LogP contribution in [0.5, 0.6) is 5.75 Å². The fourth-order valence-electron chi connectivity index (χ4n) is 3.31. The first-order chi connectivity index (χ1) is 14.6. The van der Waals surface area contributed by atoms with Crippen molar-refractivity contribution >= 4 is 11.7 Å². The van der Waals surface area contributed by atoms with Gasteiger partial charge in [-0.05, 0) is 31.0 Å². The summed E-state index contributed by atoms with van der Waals surface area (Å²) in [6.07, 6.45) is -2.24. The molecule has 2 aliphatic rings. The van der Waals surface area contributed by atoms with Gasteiger partial charge in [-0.15, -0.1) is 0 Å². The minimum atomic E-state index is -4.98. The third-order valence-corrected chi connectivity index (χ3v) is 5.15. The zero-order valence-electron chi connectivity index (χ0n) is 16.3. The van der Waals surface area contributed by atoms with Crippen molar-refractivity contribution in [2.24, 2.45) is 5.92 Å². The van der Waals surface area contributed by atoms with E-state index < -0.39 is 34.7 Å². The van der Waals surface area contributed by atoms with E-state index in [0.29, 0.717) is 24.7 Å². The Morgan fingerprint density at radius 2 is 2.00 bits per heavy atom. The molecule has 1 aliphatic heterocycles. The molecular formula is C21H17F4N3O3. The number of methoxy groups -OCH3 is 1. The number of urea groups is 1. The first-order valence-corrected chi connectivity index (χ1v) is 9.39. The van der Waals surface area contributed by atoms with Crippen LogP contribution in [0.4, 0.5) is 28.0 Å². The fourth-order valence-corrected chi connectivity index (χ4v) is 3.31. The van der Waals surface area contributed by atoms with Gasteiger partial charge in [-0.3, -0.25) is 4.79 Å². The number of alkyl halides is 3. The number of aromatic nitrogens is 1. The minimum Gasteiger partial charge on any atom is -0.497 e. The topological polar surface area (TPSA) is 72.4 Å². The van der Waals surface area contributed by atoms with E-state index in [9.17, 15) is 27.2 Å². The molecule has 1 atom stereocenters. The molecule has 6 nitrogen and oxygen atoms in total. The third-order valence-electron chi connectivity index (χ3n) is 5.15. The number of pyridine rings is 1. The van der Waals surface area contributed by atoms with Gasteiger partial charge in [0.1, 0.15) is 11.6 Å². The Morgan fingerprint density at radius 1 is 1.26 bits per heavy atom. The van der Waals surface area contributed by atoms with Crippen molar-refractivity contribution in [3.05, 3.63) is 57.8 Å². The largest absolute Gasteiger partial charge is 0.497 e. The van der Waals surface area contributed by atoms with E-state index >= 15 is 0 Å². The summed E-state index contributed by atoms with van der Waals surface area (Å²) in [6, 6.07) is 3.39. The van der Waals surface area contributed by atoms with E-state index in [4.69, 9.17) is 4.74 Å². The highest BCUT2D eigenvalue weighted by Crippen LogP contribution is 2.45. The van der Waals surface area contributed by atoms with Crippen molar-refractivity contribution < 1.29 is 27.1 Å². The van der Waals surface area contributed by atoms with Crippen LogP contribution >= 0.6 is 0 Å². The van der Waals surface area contributed by atoms with Crippen LogP contribution in [0.2, 0.25) is 0 Å². The molecule has 0 saturated heterocycles. The molecule has 2 amide bonds. The number of hydrogen-bond donors (Lipinski definition) is 2. The number of amides is 2. The van der Waals surface area contributed by atoms with Crippen LogP contribution in [0, 0.1) is 23.6 Å². The SMILES string of the molecule is COc1ccn(Cc2cc3c(cc2F)[C@@](C#CC2CC2)(C(F)(F)F)NC(=O)N3)c(=O)c1. The second-order valence-electron chi connectivity index (χ2n) is 7.39. The van der Waals surface area contributed by atoms with Gasteiger partial charge in [-0.2, -0.15) is 13.2 Å². The molecule has 0 bridgehead atoms. The molecule has 2 aromatic rings. The van der Waals surface area contributed by atoms with Crippen LogP contribution in [0.15, 0.2) is 35.3 Å². The van der Waals surface area contributed by atoms with Crippen LogP contribution in [-0.4, -0.2) is 23.9 Å². The quantitative estimate of drug-likeness (QED) is 0.574. The number of carbonyl (C=O) groups is 1. The molecule has 10 heteroatoms. The molecule has 1 aromatic heterocycles. The third kappa shape index (κ3) is 3.83. The number of ether oxygens (including phenoxy) is 1. The lowest BCUT2D eigenvalue weighted by Gasteiger charge is -2.37. The number of anilines is 1. The Balaban J connectivity index is 1.80. The predicted molar refractivity (Wildman–Crippen MR) is 103 cm³/mol. The average Bonchev–Trinajstić information content (AvgIpc) is 3.52. The number of halogens is 4. The molecule has 162 valence electrons. The van der Waals surface area contributed by atoms with Gasteiger partial charge < -0.3 is 19.9 Å². The summed E-state index contributed by atoms with van der Waals surface area (Å²) in [7, 11) is 1.39. The van der Waals surface area contributed by atoms with E-state index in [0.717, 1.165) is 6.07 Å². The first kappa shape index (κ1) is 20.8. The highest BCUT2D eigenvalue weighted by atomic mass is 19.4. The summed E-state index contributed by atoms with van der Waals surface area (Å²) >= 11 is 0. The van der Waals surface area contributed by atoms with Crippen LogP contribution < -0.4 is 20.9 Å². The molecular weight excluding hydrogens is 418 g/mol. The summed E-state index contributed by atoms with van der Waals surface area (Å²) in [5.41, 5.74) is -4.33. The van der Waals surface area contributed by atoms with Crippen LogP contribution in [0.25, 0.3) is 0 Å². The van der Waals surface area contributed by atoms with E-state index in [2.05, 4.69) is 17.2 Å². The Kier molecular flexibility index (Phi) is 4.92. The number of hydrogen-bond acceptors (Lipinski definition) is 3. The van der Waals surface area contributed by atoms with Crippen molar-refractivity contribution in [1.82, 2.24) is 9.88 Å². The second kappa shape index (κ2) is 7.34. The van der Waals surface area contributed by atoms with E-state index in [-0.39, 0.29) is 23.7 Å². The lowest BCUT2D eigenvalue weighted by atomic mass is 9.85. The maximum absolute atomic E-state index is 14.9. The monoisotopic (exact) mass is 435 g/mol. The molecule has 2 N–H and O–H groups in total. The van der Waals surface area contributed by atoms with Crippen molar-refractivity contribution in [3.63, 3.8) is 0 Å². The molecule has 1 aromatic carbocycles. The Bertz CT molecular complexity index is 1180. The van der Waals surface area contributed by atoms with Crippen molar-refractivity contribution in [1.29, 1.82) is 0 Å². The molecule has 0 radical (unpaired) electrons. The Hall–Kier alpha value is -3.48. The number of nitrogens with one attached hydrogen (secondary N) is 2. The Morgan fingerprint density at radius 3 is 2.61 bits per heavy atom. The standard InChI is InChI=1S/C21H17F4N3O3/c1-31-14-5-7-28(18(29)9-14)11-13-8-17-15(10-16(13)22)20(21(23,24)25,27-19(30)26-17)6-4-12-2-3-12/h5,7-10,12H,2-3,11H2,1H3,(H2,26,27,30)/t20-/m0/s1.